The average Bonchev–Trinajstić information content (AvgIpc) is 2.68. The van der Waals surface area contributed by atoms with Crippen molar-refractivity contribution in [2.24, 2.45) is 0 Å². The van der Waals surface area contributed by atoms with Crippen LogP contribution >= 0.6 is 0 Å². The first-order chi connectivity index (χ1) is 6.75. The maximum absolute atomic E-state index is 5.85. The summed E-state index contributed by atoms with van der Waals surface area (Å²) in [5.41, 5.74) is 10.8. The summed E-state index contributed by atoms with van der Waals surface area (Å²) in [4.78, 5) is 3.27. The molecule has 3 aromatic rings. The Hall–Kier alpha value is -1.97. The van der Waals surface area contributed by atoms with E-state index in [1.165, 1.54) is 0 Å². The summed E-state index contributed by atoms with van der Waals surface area (Å²) in [6.45, 7) is 2.00. The molecule has 0 aliphatic heterocycles. The minimum absolute atomic E-state index is 0.800. The molecule has 4 heteroatoms. The van der Waals surface area contributed by atoms with Crippen LogP contribution in [-0.4, -0.2) is 14.6 Å². The van der Waals surface area contributed by atoms with Crippen LogP contribution in [0.3, 0.4) is 0 Å². The lowest BCUT2D eigenvalue weighted by atomic mass is 10.2. The van der Waals surface area contributed by atoms with Crippen LogP contribution in [0, 0.1) is 6.92 Å². The van der Waals surface area contributed by atoms with E-state index in [-0.39, 0.29) is 0 Å². The predicted octanol–water partition coefficient (Wildman–Crippen LogP) is 1.71. The molecular formula is C10H10N4. The highest BCUT2D eigenvalue weighted by atomic mass is 15.3. The predicted molar refractivity (Wildman–Crippen MR) is 56.2 cm³/mol. The highest BCUT2D eigenvalue weighted by Gasteiger charge is 2.05. The molecule has 14 heavy (non-hydrogen) atoms. The number of H-pyrrole nitrogens is 1. The SMILES string of the molecule is Cc1cc2[nH]c3ccnn3c2cc1N. The largest absolute Gasteiger partial charge is 0.398 e. The van der Waals surface area contributed by atoms with Crippen molar-refractivity contribution in [1.82, 2.24) is 14.6 Å². The maximum atomic E-state index is 5.85. The molecule has 0 saturated carbocycles. The molecule has 3 N–H and O–H groups in total. The molecule has 2 heterocycles. The third kappa shape index (κ3) is 0.797. The van der Waals surface area contributed by atoms with E-state index in [2.05, 4.69) is 10.1 Å². The van der Waals surface area contributed by atoms with Crippen LogP contribution in [-0.2, 0) is 0 Å². The number of fused-ring (bicyclic) bond motifs is 3. The van der Waals surface area contributed by atoms with Crippen molar-refractivity contribution in [3.63, 3.8) is 0 Å². The number of nitrogens with two attached hydrogens (primary N) is 1. The van der Waals surface area contributed by atoms with Crippen LogP contribution in [0.25, 0.3) is 16.7 Å². The normalized spacial score (nSPS) is 11.5. The molecule has 0 atom stereocenters. The van der Waals surface area contributed by atoms with Crippen LogP contribution in [0.4, 0.5) is 5.69 Å². The fraction of sp³-hybridized carbons (Fsp3) is 0.100. The smallest absolute Gasteiger partial charge is 0.134 e. The van der Waals surface area contributed by atoms with Crippen molar-refractivity contribution in [1.29, 1.82) is 0 Å². The Bertz CT molecular complexity index is 617. The van der Waals surface area contributed by atoms with E-state index in [0.717, 1.165) is 27.9 Å². The van der Waals surface area contributed by atoms with Gasteiger partial charge in [0.15, 0.2) is 0 Å². The molecule has 3 rings (SSSR count). The van der Waals surface area contributed by atoms with E-state index < -0.39 is 0 Å². The van der Waals surface area contributed by atoms with Gasteiger partial charge in [0.05, 0.1) is 17.2 Å². The Balaban J connectivity index is 2.57. The number of aromatic amines is 1. The molecule has 0 spiro atoms. The van der Waals surface area contributed by atoms with E-state index >= 15 is 0 Å². The average molecular weight is 186 g/mol. The Morgan fingerprint density at radius 3 is 3.14 bits per heavy atom. The van der Waals surface area contributed by atoms with Gasteiger partial charge in [-0.05, 0) is 24.6 Å². The molecule has 0 radical (unpaired) electrons. The third-order valence-corrected chi connectivity index (χ3v) is 2.52. The second kappa shape index (κ2) is 2.29. The van der Waals surface area contributed by atoms with Gasteiger partial charge >= 0.3 is 0 Å². The molecule has 0 aliphatic carbocycles. The summed E-state index contributed by atoms with van der Waals surface area (Å²) in [6.07, 6.45) is 1.77. The van der Waals surface area contributed by atoms with Gasteiger partial charge in [0, 0.05) is 11.8 Å². The lowest BCUT2D eigenvalue weighted by Crippen LogP contribution is -1.90. The van der Waals surface area contributed by atoms with Gasteiger partial charge in [-0.25, -0.2) is 4.52 Å². The number of aromatic nitrogens is 3. The van der Waals surface area contributed by atoms with Gasteiger partial charge in [-0.1, -0.05) is 0 Å². The van der Waals surface area contributed by atoms with Gasteiger partial charge < -0.3 is 10.7 Å². The zero-order chi connectivity index (χ0) is 9.71. The monoisotopic (exact) mass is 186 g/mol. The molecule has 0 aliphatic rings. The summed E-state index contributed by atoms with van der Waals surface area (Å²) in [5.74, 6) is 0. The number of benzene rings is 1. The number of hydrogen-bond donors (Lipinski definition) is 2. The first kappa shape index (κ1) is 7.44. The molecule has 0 unspecified atom stereocenters. The van der Waals surface area contributed by atoms with Gasteiger partial charge in [0.25, 0.3) is 0 Å². The van der Waals surface area contributed by atoms with E-state index in [4.69, 9.17) is 5.73 Å². The highest BCUT2D eigenvalue weighted by Crippen LogP contribution is 2.21. The van der Waals surface area contributed by atoms with Crippen molar-refractivity contribution in [3.05, 3.63) is 30.0 Å². The summed E-state index contributed by atoms with van der Waals surface area (Å²) >= 11 is 0. The Labute approximate surface area is 80.3 Å². The fourth-order valence-corrected chi connectivity index (χ4v) is 1.72. The summed E-state index contributed by atoms with van der Waals surface area (Å²) in [6, 6.07) is 5.92. The van der Waals surface area contributed by atoms with Crippen LogP contribution in [0.15, 0.2) is 24.4 Å². The van der Waals surface area contributed by atoms with Gasteiger partial charge in [0.1, 0.15) is 5.65 Å². The fourth-order valence-electron chi connectivity index (χ4n) is 1.72. The Morgan fingerprint density at radius 1 is 1.43 bits per heavy atom. The van der Waals surface area contributed by atoms with Gasteiger partial charge in [-0.2, -0.15) is 5.10 Å². The van der Waals surface area contributed by atoms with E-state index in [9.17, 15) is 0 Å². The zero-order valence-corrected chi connectivity index (χ0v) is 7.78. The lowest BCUT2D eigenvalue weighted by Gasteiger charge is -1.98. The zero-order valence-electron chi connectivity index (χ0n) is 7.78. The molecule has 0 bridgehead atoms. The van der Waals surface area contributed by atoms with Crippen LogP contribution in [0.5, 0.6) is 0 Å². The summed E-state index contributed by atoms with van der Waals surface area (Å²) in [7, 11) is 0. The van der Waals surface area contributed by atoms with E-state index in [1.807, 2.05) is 29.6 Å². The maximum Gasteiger partial charge on any atom is 0.134 e. The van der Waals surface area contributed by atoms with Crippen LogP contribution in [0.2, 0.25) is 0 Å². The minimum Gasteiger partial charge on any atom is -0.398 e. The van der Waals surface area contributed by atoms with Gasteiger partial charge in [-0.15, -0.1) is 0 Å². The first-order valence-corrected chi connectivity index (χ1v) is 4.47. The van der Waals surface area contributed by atoms with Crippen LogP contribution < -0.4 is 5.73 Å². The summed E-state index contributed by atoms with van der Waals surface area (Å²) in [5, 5.41) is 4.21. The molecule has 70 valence electrons. The molecule has 0 fully saturated rings. The van der Waals surface area contributed by atoms with Gasteiger partial charge in [0.2, 0.25) is 0 Å². The van der Waals surface area contributed by atoms with Crippen LogP contribution in [0.1, 0.15) is 5.56 Å². The standard InChI is InChI=1S/C10H10N4/c1-6-4-8-9(5-7(6)11)14-10(13-8)2-3-12-14/h2-5,13H,11H2,1H3. The van der Waals surface area contributed by atoms with Crippen molar-refractivity contribution in [2.45, 2.75) is 6.92 Å². The number of nitrogens with one attached hydrogen (secondary N) is 1. The molecule has 0 amide bonds. The Morgan fingerprint density at radius 2 is 2.29 bits per heavy atom. The number of rotatable bonds is 0. The molecule has 0 saturated heterocycles. The molecular weight excluding hydrogens is 176 g/mol. The number of nitrogens with zero attached hydrogens (tertiary/aromatic N) is 2. The van der Waals surface area contributed by atoms with Crippen molar-refractivity contribution >= 4 is 22.4 Å². The molecule has 1 aromatic carbocycles. The number of aryl methyl sites for hydroxylation is 1. The minimum atomic E-state index is 0.800. The first-order valence-electron chi connectivity index (χ1n) is 4.47. The lowest BCUT2D eigenvalue weighted by molar-refractivity contribution is 1.01. The molecule has 2 aromatic heterocycles. The highest BCUT2D eigenvalue weighted by molar-refractivity contribution is 5.84. The summed E-state index contributed by atoms with van der Waals surface area (Å²) < 4.78 is 1.85. The number of anilines is 1. The number of nitrogen functional groups attached to an aromatic ring is 1. The second-order valence-electron chi connectivity index (χ2n) is 3.48. The third-order valence-electron chi connectivity index (χ3n) is 2.52. The van der Waals surface area contributed by atoms with Crippen molar-refractivity contribution in [2.75, 3.05) is 5.73 Å². The van der Waals surface area contributed by atoms with E-state index in [1.54, 1.807) is 6.20 Å². The second-order valence-corrected chi connectivity index (χ2v) is 3.48. The van der Waals surface area contributed by atoms with E-state index in [0.29, 0.717) is 0 Å². The van der Waals surface area contributed by atoms with Gasteiger partial charge in [-0.3, -0.25) is 0 Å². The molecule has 4 nitrogen and oxygen atoms in total. The van der Waals surface area contributed by atoms with Crippen molar-refractivity contribution in [3.8, 4) is 0 Å². The Kier molecular flexibility index (Phi) is 1.21. The quantitative estimate of drug-likeness (QED) is 0.525. The topological polar surface area (TPSA) is 59.1 Å². The number of hydrogen-bond acceptors (Lipinski definition) is 2. The number of imidazole rings is 1. The van der Waals surface area contributed by atoms with Crippen molar-refractivity contribution < 1.29 is 0 Å².